The number of benzene rings is 1. The van der Waals surface area contributed by atoms with E-state index in [1.165, 1.54) is 37.9 Å². The van der Waals surface area contributed by atoms with Crippen molar-refractivity contribution >= 4 is 17.5 Å². The van der Waals surface area contributed by atoms with E-state index in [4.69, 9.17) is 9.98 Å². The number of guanidine groups is 1. The third-order valence-corrected chi connectivity index (χ3v) is 4.74. The third kappa shape index (κ3) is 3.49. The molecular weight excluding hydrogens is 272 g/mol. The van der Waals surface area contributed by atoms with Crippen molar-refractivity contribution in [2.75, 3.05) is 20.6 Å². The van der Waals surface area contributed by atoms with Crippen LogP contribution >= 0.6 is 0 Å². The number of hydrogen-bond acceptors (Lipinski definition) is 1. The van der Waals surface area contributed by atoms with E-state index in [0.717, 1.165) is 24.6 Å². The van der Waals surface area contributed by atoms with Gasteiger partial charge < -0.3 is 9.80 Å². The van der Waals surface area contributed by atoms with Crippen LogP contribution < -0.4 is 0 Å². The third-order valence-electron chi connectivity index (χ3n) is 4.74. The molecule has 0 amide bonds. The number of rotatable bonds is 2. The highest BCUT2D eigenvalue weighted by Gasteiger charge is 2.23. The van der Waals surface area contributed by atoms with E-state index in [9.17, 15) is 0 Å². The van der Waals surface area contributed by atoms with Gasteiger partial charge in [-0.3, -0.25) is 0 Å². The van der Waals surface area contributed by atoms with Gasteiger partial charge in [0, 0.05) is 33.1 Å². The van der Waals surface area contributed by atoms with Crippen LogP contribution in [0.5, 0.6) is 0 Å². The Morgan fingerprint density at radius 3 is 2.50 bits per heavy atom. The van der Waals surface area contributed by atoms with Crippen molar-refractivity contribution in [1.82, 2.24) is 9.80 Å². The summed E-state index contributed by atoms with van der Waals surface area (Å²) in [5.74, 6) is 2.03. The lowest BCUT2D eigenvalue weighted by Gasteiger charge is -2.26. The molecule has 2 aliphatic rings. The van der Waals surface area contributed by atoms with E-state index in [0.29, 0.717) is 6.04 Å². The zero-order valence-corrected chi connectivity index (χ0v) is 13.7. The van der Waals surface area contributed by atoms with Gasteiger partial charge in [0.25, 0.3) is 0 Å². The zero-order valence-electron chi connectivity index (χ0n) is 13.7. The van der Waals surface area contributed by atoms with E-state index in [2.05, 4.69) is 23.9 Å². The lowest BCUT2D eigenvalue weighted by Crippen LogP contribution is -2.35. The molecule has 22 heavy (non-hydrogen) atoms. The molecule has 0 atom stereocenters. The van der Waals surface area contributed by atoms with Gasteiger partial charge in [0.2, 0.25) is 5.96 Å². The second-order valence-electron chi connectivity index (χ2n) is 6.35. The molecule has 2 fully saturated rings. The molecule has 0 aromatic heterocycles. The Bertz CT molecular complexity index is 543. The molecule has 1 aliphatic carbocycles. The number of amidine groups is 1. The molecule has 1 aromatic rings. The molecule has 1 aliphatic heterocycles. The van der Waals surface area contributed by atoms with E-state index in [1.54, 1.807) is 0 Å². The second kappa shape index (κ2) is 6.95. The maximum Gasteiger partial charge on any atom is 0.227 e. The summed E-state index contributed by atoms with van der Waals surface area (Å²) in [4.78, 5) is 14.3. The average molecular weight is 298 g/mol. The first kappa shape index (κ1) is 15.1. The van der Waals surface area contributed by atoms with Gasteiger partial charge in [-0.1, -0.05) is 31.0 Å². The summed E-state index contributed by atoms with van der Waals surface area (Å²) in [7, 11) is 4.28. The number of nitrogens with zero attached hydrogens (tertiary/aromatic N) is 4. The molecule has 3 rings (SSSR count). The van der Waals surface area contributed by atoms with Gasteiger partial charge in [-0.2, -0.15) is 4.99 Å². The van der Waals surface area contributed by atoms with Gasteiger partial charge >= 0.3 is 0 Å². The van der Waals surface area contributed by atoms with Crippen LogP contribution in [0.25, 0.3) is 0 Å². The fraction of sp³-hybridized carbons (Fsp3) is 0.556. The Morgan fingerprint density at radius 1 is 1.14 bits per heavy atom. The molecule has 4 nitrogen and oxygen atoms in total. The molecule has 118 valence electrons. The number of hydrogen-bond donors (Lipinski definition) is 0. The highest BCUT2D eigenvalue weighted by atomic mass is 15.3. The Morgan fingerprint density at radius 2 is 1.86 bits per heavy atom. The zero-order chi connectivity index (χ0) is 15.4. The molecule has 0 unspecified atom stereocenters. The summed E-state index contributed by atoms with van der Waals surface area (Å²) in [6.45, 7) is 1.10. The summed E-state index contributed by atoms with van der Waals surface area (Å²) in [6, 6.07) is 10.7. The van der Waals surface area contributed by atoms with Crippen molar-refractivity contribution in [3.8, 4) is 0 Å². The largest absolute Gasteiger partial charge is 0.363 e. The predicted molar refractivity (Wildman–Crippen MR) is 92.9 cm³/mol. The second-order valence-corrected chi connectivity index (χ2v) is 6.35. The summed E-state index contributed by atoms with van der Waals surface area (Å²) in [5.41, 5.74) is 0.979. The molecule has 1 saturated carbocycles. The van der Waals surface area contributed by atoms with Gasteiger partial charge in [0.1, 0.15) is 5.84 Å². The minimum absolute atomic E-state index is 0.582. The maximum absolute atomic E-state index is 4.91. The quantitative estimate of drug-likeness (QED) is 0.616. The van der Waals surface area contributed by atoms with E-state index >= 15 is 0 Å². The molecule has 1 saturated heterocycles. The van der Waals surface area contributed by atoms with Crippen molar-refractivity contribution in [1.29, 1.82) is 0 Å². The Kier molecular flexibility index (Phi) is 4.76. The van der Waals surface area contributed by atoms with Crippen molar-refractivity contribution < 1.29 is 0 Å². The van der Waals surface area contributed by atoms with Crippen LogP contribution in [-0.4, -0.2) is 48.3 Å². The summed E-state index contributed by atoms with van der Waals surface area (Å²) >= 11 is 0. The maximum atomic E-state index is 4.91. The topological polar surface area (TPSA) is 31.2 Å². The molecule has 0 radical (unpaired) electrons. The average Bonchev–Trinajstić information content (AvgIpc) is 3.19. The van der Waals surface area contributed by atoms with Crippen molar-refractivity contribution in [3.63, 3.8) is 0 Å². The van der Waals surface area contributed by atoms with E-state index < -0.39 is 0 Å². The smallest absolute Gasteiger partial charge is 0.227 e. The molecule has 0 spiro atoms. The molecule has 0 bridgehead atoms. The lowest BCUT2D eigenvalue weighted by atomic mass is 10.2. The molecule has 0 N–H and O–H groups in total. The summed E-state index contributed by atoms with van der Waals surface area (Å²) in [5, 5.41) is 0. The fourth-order valence-corrected chi connectivity index (χ4v) is 3.31. The Hall–Kier alpha value is -1.84. The van der Waals surface area contributed by atoms with Crippen molar-refractivity contribution in [3.05, 3.63) is 30.3 Å². The van der Waals surface area contributed by atoms with Gasteiger partial charge in [-0.05, 0) is 31.4 Å². The van der Waals surface area contributed by atoms with Crippen LogP contribution in [0.15, 0.2) is 40.3 Å². The summed E-state index contributed by atoms with van der Waals surface area (Å²) in [6.07, 6.45) is 7.41. The summed E-state index contributed by atoms with van der Waals surface area (Å²) < 4.78 is 0. The molecule has 1 heterocycles. The van der Waals surface area contributed by atoms with Crippen molar-refractivity contribution in [2.24, 2.45) is 9.98 Å². The van der Waals surface area contributed by atoms with Crippen LogP contribution in [-0.2, 0) is 0 Å². The van der Waals surface area contributed by atoms with Gasteiger partial charge in [0.15, 0.2) is 0 Å². The van der Waals surface area contributed by atoms with Gasteiger partial charge in [-0.25, -0.2) is 4.99 Å². The number of likely N-dealkylation sites (tertiary alicyclic amines) is 1. The van der Waals surface area contributed by atoms with Crippen LogP contribution in [0.1, 0.15) is 38.5 Å². The highest BCUT2D eigenvalue weighted by molar-refractivity contribution is 5.97. The van der Waals surface area contributed by atoms with Crippen LogP contribution in [0.2, 0.25) is 0 Å². The molecule has 1 aromatic carbocycles. The first-order chi connectivity index (χ1) is 10.7. The van der Waals surface area contributed by atoms with Gasteiger partial charge in [-0.15, -0.1) is 0 Å². The highest BCUT2D eigenvalue weighted by Crippen LogP contribution is 2.24. The van der Waals surface area contributed by atoms with E-state index in [1.807, 2.05) is 30.3 Å². The molecular formula is C18H26N4. The standard InChI is InChI=1S/C18H26N4/c1-21-14-8-13-17(21)20-18(19-15-9-4-3-5-10-15)22(2)16-11-6-7-12-16/h3-5,9-10,16H,6-8,11-14H2,1-2H3/b19-18?,20-17-. The van der Waals surface area contributed by atoms with Crippen LogP contribution in [0.4, 0.5) is 5.69 Å². The first-order valence-corrected chi connectivity index (χ1v) is 8.39. The van der Waals surface area contributed by atoms with Crippen molar-refractivity contribution in [2.45, 2.75) is 44.6 Å². The Labute approximate surface area is 133 Å². The lowest BCUT2D eigenvalue weighted by molar-refractivity contribution is 0.368. The Balaban J connectivity index is 1.89. The minimum atomic E-state index is 0.582. The number of aliphatic imine (C=N–C) groups is 2. The van der Waals surface area contributed by atoms with E-state index in [-0.39, 0.29) is 0 Å². The first-order valence-electron chi connectivity index (χ1n) is 8.39. The van der Waals surface area contributed by atoms with Gasteiger partial charge in [0.05, 0.1) is 5.69 Å². The van der Waals surface area contributed by atoms with Crippen LogP contribution in [0, 0.1) is 0 Å². The monoisotopic (exact) mass is 298 g/mol. The number of para-hydroxylation sites is 1. The minimum Gasteiger partial charge on any atom is -0.363 e. The predicted octanol–water partition coefficient (Wildman–Crippen LogP) is 3.67. The molecule has 4 heteroatoms. The SMILES string of the molecule is CN1CCC/C1=N/C(=Nc1ccccc1)N(C)C1CCCC1. The van der Waals surface area contributed by atoms with Crippen LogP contribution in [0.3, 0.4) is 0 Å². The fourth-order valence-electron chi connectivity index (χ4n) is 3.31. The normalized spacial score (nSPS) is 21.8.